The number of nitrogens with zero attached hydrogens (tertiary/aromatic N) is 1. The second kappa shape index (κ2) is 6.40. The predicted molar refractivity (Wildman–Crippen MR) is 71.8 cm³/mol. The topological polar surface area (TPSA) is 52.6 Å². The fourth-order valence-electron chi connectivity index (χ4n) is 2.35. The van der Waals surface area contributed by atoms with Gasteiger partial charge in [-0.05, 0) is 24.5 Å². The lowest BCUT2D eigenvalue weighted by Gasteiger charge is -2.21. The van der Waals surface area contributed by atoms with Gasteiger partial charge < -0.3 is 15.3 Å². The normalized spacial score (nSPS) is 15.0. The van der Waals surface area contributed by atoms with Crippen LogP contribution < -0.4 is 10.2 Å². The molecule has 4 nitrogen and oxygen atoms in total. The SMILES string of the molecule is O=C(O)CCNCc1ccccc1N1CCCC1. The maximum absolute atomic E-state index is 10.4. The Balaban J connectivity index is 1.92. The molecular formula is C14H20N2O2. The number of rotatable bonds is 6. The van der Waals surface area contributed by atoms with Crippen LogP contribution in [0, 0.1) is 0 Å². The average molecular weight is 248 g/mol. The molecule has 0 bridgehead atoms. The summed E-state index contributed by atoms with van der Waals surface area (Å²) in [6.07, 6.45) is 2.70. The highest BCUT2D eigenvalue weighted by Crippen LogP contribution is 2.24. The van der Waals surface area contributed by atoms with Gasteiger partial charge in [-0.1, -0.05) is 18.2 Å². The van der Waals surface area contributed by atoms with E-state index >= 15 is 0 Å². The average Bonchev–Trinajstić information content (AvgIpc) is 2.88. The Hall–Kier alpha value is -1.55. The second-order valence-corrected chi connectivity index (χ2v) is 4.64. The van der Waals surface area contributed by atoms with Crippen molar-refractivity contribution in [2.75, 3.05) is 24.5 Å². The van der Waals surface area contributed by atoms with Crippen LogP contribution in [0.5, 0.6) is 0 Å². The summed E-state index contributed by atoms with van der Waals surface area (Å²) < 4.78 is 0. The molecule has 1 aliphatic rings. The molecule has 1 fully saturated rings. The summed E-state index contributed by atoms with van der Waals surface area (Å²) in [7, 11) is 0. The molecule has 0 aliphatic carbocycles. The zero-order chi connectivity index (χ0) is 12.8. The van der Waals surface area contributed by atoms with E-state index in [0.717, 1.165) is 19.6 Å². The smallest absolute Gasteiger partial charge is 0.304 e. The number of hydrogen-bond donors (Lipinski definition) is 2. The molecular weight excluding hydrogens is 228 g/mol. The lowest BCUT2D eigenvalue weighted by Crippen LogP contribution is -2.22. The van der Waals surface area contributed by atoms with Crippen molar-refractivity contribution in [3.8, 4) is 0 Å². The van der Waals surface area contributed by atoms with Crippen molar-refractivity contribution in [2.24, 2.45) is 0 Å². The first-order chi connectivity index (χ1) is 8.77. The van der Waals surface area contributed by atoms with Crippen LogP contribution >= 0.6 is 0 Å². The fraction of sp³-hybridized carbons (Fsp3) is 0.500. The van der Waals surface area contributed by atoms with Gasteiger partial charge in [0.05, 0.1) is 6.42 Å². The van der Waals surface area contributed by atoms with E-state index in [0.29, 0.717) is 6.54 Å². The maximum Gasteiger partial charge on any atom is 0.304 e. The number of hydrogen-bond acceptors (Lipinski definition) is 3. The van der Waals surface area contributed by atoms with Crippen LogP contribution in [0.1, 0.15) is 24.8 Å². The summed E-state index contributed by atoms with van der Waals surface area (Å²) in [5, 5.41) is 11.8. The summed E-state index contributed by atoms with van der Waals surface area (Å²) in [5.74, 6) is -0.754. The van der Waals surface area contributed by atoms with E-state index in [2.05, 4.69) is 28.4 Å². The van der Waals surface area contributed by atoms with Gasteiger partial charge in [-0.3, -0.25) is 4.79 Å². The number of carboxylic acid groups (broad SMARTS) is 1. The summed E-state index contributed by atoms with van der Waals surface area (Å²) in [6, 6.07) is 8.36. The van der Waals surface area contributed by atoms with Crippen molar-refractivity contribution in [1.82, 2.24) is 5.32 Å². The van der Waals surface area contributed by atoms with Crippen LogP contribution in [0.25, 0.3) is 0 Å². The maximum atomic E-state index is 10.4. The van der Waals surface area contributed by atoms with Crippen LogP contribution in [-0.4, -0.2) is 30.7 Å². The van der Waals surface area contributed by atoms with E-state index in [4.69, 9.17) is 5.11 Å². The minimum Gasteiger partial charge on any atom is -0.481 e. The number of nitrogens with one attached hydrogen (secondary N) is 1. The van der Waals surface area contributed by atoms with E-state index < -0.39 is 5.97 Å². The lowest BCUT2D eigenvalue weighted by atomic mass is 10.1. The molecule has 1 heterocycles. The largest absolute Gasteiger partial charge is 0.481 e. The highest BCUT2D eigenvalue weighted by atomic mass is 16.4. The fourth-order valence-corrected chi connectivity index (χ4v) is 2.35. The molecule has 1 aromatic carbocycles. The minimum absolute atomic E-state index is 0.173. The lowest BCUT2D eigenvalue weighted by molar-refractivity contribution is -0.136. The summed E-state index contributed by atoms with van der Waals surface area (Å²) in [5.41, 5.74) is 2.54. The van der Waals surface area contributed by atoms with Gasteiger partial charge in [-0.2, -0.15) is 0 Å². The number of anilines is 1. The van der Waals surface area contributed by atoms with Crippen LogP contribution in [0.2, 0.25) is 0 Å². The van der Waals surface area contributed by atoms with Crippen molar-refractivity contribution < 1.29 is 9.90 Å². The Bertz CT molecular complexity index is 401. The van der Waals surface area contributed by atoms with Gasteiger partial charge in [0.1, 0.15) is 0 Å². The summed E-state index contributed by atoms with van der Waals surface area (Å²) in [6.45, 7) is 3.52. The first kappa shape index (κ1) is 12.9. The number of carboxylic acids is 1. The van der Waals surface area contributed by atoms with Crippen LogP contribution in [0.3, 0.4) is 0 Å². The number of para-hydroxylation sites is 1. The molecule has 0 atom stereocenters. The number of benzene rings is 1. The molecule has 0 amide bonds. The first-order valence-corrected chi connectivity index (χ1v) is 6.53. The molecule has 98 valence electrons. The minimum atomic E-state index is -0.754. The Morgan fingerprint density at radius 3 is 2.72 bits per heavy atom. The molecule has 0 radical (unpaired) electrons. The van der Waals surface area contributed by atoms with Crippen LogP contribution in [-0.2, 0) is 11.3 Å². The number of carbonyl (C=O) groups is 1. The Morgan fingerprint density at radius 1 is 1.28 bits per heavy atom. The molecule has 0 saturated carbocycles. The Labute approximate surface area is 108 Å². The Morgan fingerprint density at radius 2 is 2.00 bits per heavy atom. The van der Waals surface area contributed by atoms with E-state index in [9.17, 15) is 4.79 Å². The monoisotopic (exact) mass is 248 g/mol. The highest BCUT2D eigenvalue weighted by molar-refractivity contribution is 5.66. The van der Waals surface area contributed by atoms with Crippen LogP contribution in [0.15, 0.2) is 24.3 Å². The summed E-state index contributed by atoms with van der Waals surface area (Å²) in [4.78, 5) is 12.8. The van der Waals surface area contributed by atoms with Gasteiger partial charge in [0, 0.05) is 31.9 Å². The van der Waals surface area contributed by atoms with Crippen molar-refractivity contribution in [3.05, 3.63) is 29.8 Å². The molecule has 2 N–H and O–H groups in total. The highest BCUT2D eigenvalue weighted by Gasteiger charge is 2.14. The van der Waals surface area contributed by atoms with E-state index in [1.807, 2.05) is 6.07 Å². The van der Waals surface area contributed by atoms with E-state index in [1.54, 1.807) is 0 Å². The molecule has 0 aromatic heterocycles. The summed E-state index contributed by atoms with van der Waals surface area (Å²) >= 11 is 0. The zero-order valence-electron chi connectivity index (χ0n) is 10.6. The van der Waals surface area contributed by atoms with Gasteiger partial charge in [0.25, 0.3) is 0 Å². The van der Waals surface area contributed by atoms with Gasteiger partial charge in [0.2, 0.25) is 0 Å². The van der Waals surface area contributed by atoms with Crippen molar-refractivity contribution in [3.63, 3.8) is 0 Å². The molecule has 1 aromatic rings. The molecule has 2 rings (SSSR count). The van der Waals surface area contributed by atoms with E-state index in [1.165, 1.54) is 24.1 Å². The third-order valence-corrected chi connectivity index (χ3v) is 3.27. The quantitative estimate of drug-likeness (QED) is 0.754. The molecule has 4 heteroatoms. The van der Waals surface area contributed by atoms with Gasteiger partial charge >= 0.3 is 5.97 Å². The third kappa shape index (κ3) is 3.47. The molecule has 1 aliphatic heterocycles. The van der Waals surface area contributed by atoms with Crippen LogP contribution in [0.4, 0.5) is 5.69 Å². The molecule has 1 saturated heterocycles. The van der Waals surface area contributed by atoms with Crippen molar-refractivity contribution in [2.45, 2.75) is 25.8 Å². The third-order valence-electron chi connectivity index (χ3n) is 3.27. The molecule has 0 spiro atoms. The van der Waals surface area contributed by atoms with Crippen molar-refractivity contribution in [1.29, 1.82) is 0 Å². The van der Waals surface area contributed by atoms with Crippen molar-refractivity contribution >= 4 is 11.7 Å². The first-order valence-electron chi connectivity index (χ1n) is 6.53. The van der Waals surface area contributed by atoms with E-state index in [-0.39, 0.29) is 6.42 Å². The zero-order valence-corrected chi connectivity index (χ0v) is 10.6. The van der Waals surface area contributed by atoms with Gasteiger partial charge in [-0.25, -0.2) is 0 Å². The molecule has 18 heavy (non-hydrogen) atoms. The van der Waals surface area contributed by atoms with Gasteiger partial charge in [0.15, 0.2) is 0 Å². The second-order valence-electron chi connectivity index (χ2n) is 4.64. The standard InChI is InChI=1S/C14H20N2O2/c17-14(18)7-8-15-11-12-5-1-2-6-13(12)16-9-3-4-10-16/h1-2,5-6,15H,3-4,7-11H2,(H,17,18). The number of aliphatic carboxylic acids is 1. The van der Waals surface area contributed by atoms with Gasteiger partial charge in [-0.15, -0.1) is 0 Å². The predicted octanol–water partition coefficient (Wildman–Crippen LogP) is 1.85. The Kier molecular flexibility index (Phi) is 4.59. The molecule has 0 unspecified atom stereocenters.